The van der Waals surface area contributed by atoms with E-state index in [9.17, 15) is 4.79 Å². The van der Waals surface area contributed by atoms with Crippen LogP contribution in [0.4, 0.5) is 0 Å². The largest absolute Gasteiger partial charge is 0.497 e. The van der Waals surface area contributed by atoms with E-state index in [0.717, 1.165) is 39.5 Å². The smallest absolute Gasteiger partial charge is 0.166 e. The van der Waals surface area contributed by atoms with Gasteiger partial charge in [-0.1, -0.05) is 35.9 Å². The van der Waals surface area contributed by atoms with Crippen molar-refractivity contribution in [2.75, 3.05) is 7.11 Å². The molecule has 0 saturated heterocycles. The predicted molar refractivity (Wildman–Crippen MR) is 117 cm³/mol. The Morgan fingerprint density at radius 1 is 1.13 bits per heavy atom. The van der Waals surface area contributed by atoms with Gasteiger partial charge in [0.1, 0.15) is 5.75 Å². The number of fused-ring (bicyclic) bond motifs is 2. The van der Waals surface area contributed by atoms with Crippen molar-refractivity contribution < 1.29 is 9.53 Å². The number of halogens is 1. The second-order valence-corrected chi connectivity index (χ2v) is 8.08. The maximum Gasteiger partial charge on any atom is 0.166 e. The van der Waals surface area contributed by atoms with E-state index < -0.39 is 0 Å². The van der Waals surface area contributed by atoms with E-state index >= 15 is 0 Å². The number of carbonyl (C=O) groups excluding carboxylic acids is 1. The van der Waals surface area contributed by atoms with Crippen molar-refractivity contribution in [3.05, 3.63) is 82.3 Å². The van der Waals surface area contributed by atoms with Gasteiger partial charge in [-0.3, -0.25) is 4.79 Å². The fraction of sp³-hybridized carbons (Fsp3) is 0.208. The summed E-state index contributed by atoms with van der Waals surface area (Å²) in [5.41, 5.74) is 6.09. The molecular formula is C24H20ClN3O2. The first-order valence-electron chi connectivity index (χ1n) is 9.85. The van der Waals surface area contributed by atoms with Gasteiger partial charge in [-0.25, -0.2) is 9.50 Å². The molecule has 2 aromatic heterocycles. The van der Waals surface area contributed by atoms with E-state index in [-0.39, 0.29) is 11.7 Å². The van der Waals surface area contributed by atoms with Crippen molar-refractivity contribution in [3.8, 4) is 16.9 Å². The average molecular weight is 418 g/mol. The highest BCUT2D eigenvalue weighted by Crippen LogP contribution is 2.35. The van der Waals surface area contributed by atoms with Crippen LogP contribution in [0.1, 0.15) is 39.6 Å². The summed E-state index contributed by atoms with van der Waals surface area (Å²) in [6.45, 7) is 1.96. The lowest BCUT2D eigenvalue weighted by atomic mass is 9.82. The summed E-state index contributed by atoms with van der Waals surface area (Å²) < 4.78 is 7.10. The molecule has 0 radical (unpaired) electrons. The van der Waals surface area contributed by atoms with Gasteiger partial charge in [0.2, 0.25) is 0 Å². The van der Waals surface area contributed by atoms with Gasteiger partial charge >= 0.3 is 0 Å². The number of ether oxygens (including phenoxy) is 1. The Morgan fingerprint density at radius 2 is 1.97 bits per heavy atom. The van der Waals surface area contributed by atoms with E-state index in [0.29, 0.717) is 23.4 Å². The monoisotopic (exact) mass is 417 g/mol. The lowest BCUT2D eigenvalue weighted by Gasteiger charge is -2.23. The van der Waals surface area contributed by atoms with E-state index in [2.05, 4.69) is 5.10 Å². The molecule has 2 aromatic carbocycles. The third-order valence-corrected chi connectivity index (χ3v) is 5.95. The van der Waals surface area contributed by atoms with Crippen LogP contribution in [-0.4, -0.2) is 27.5 Å². The molecule has 6 heteroatoms. The quantitative estimate of drug-likeness (QED) is 0.455. The van der Waals surface area contributed by atoms with E-state index in [1.165, 1.54) is 0 Å². The standard InChI is InChI=1S/C24H20ClN3O2/c1-14-23(16-6-4-8-19(10-16)30-2)24-26-21-11-17(15-5-3-7-18(25)9-15)12-22(29)20(21)13-28(24)27-14/h3-10,13,17H,11-12H2,1-2H3. The highest BCUT2D eigenvalue weighted by molar-refractivity contribution is 6.30. The van der Waals surface area contributed by atoms with Crippen LogP contribution < -0.4 is 4.74 Å². The lowest BCUT2D eigenvalue weighted by molar-refractivity contribution is 0.0962. The minimum atomic E-state index is 0.0722. The summed E-state index contributed by atoms with van der Waals surface area (Å²) in [7, 11) is 1.65. The number of hydrogen-bond acceptors (Lipinski definition) is 4. The minimum absolute atomic E-state index is 0.0722. The first-order valence-corrected chi connectivity index (χ1v) is 10.2. The molecule has 5 rings (SSSR count). The van der Waals surface area contributed by atoms with E-state index in [4.69, 9.17) is 21.3 Å². The Morgan fingerprint density at radius 3 is 2.77 bits per heavy atom. The number of rotatable bonds is 3. The number of aryl methyl sites for hydroxylation is 1. The number of benzene rings is 2. The molecule has 0 aliphatic heterocycles. The Labute approximate surface area is 179 Å². The third-order valence-electron chi connectivity index (χ3n) is 5.71. The Balaban J connectivity index is 1.63. The number of ketones is 1. The molecule has 0 bridgehead atoms. The van der Waals surface area contributed by atoms with Gasteiger partial charge in [0, 0.05) is 23.2 Å². The molecular weight excluding hydrogens is 398 g/mol. The molecule has 0 amide bonds. The highest BCUT2D eigenvalue weighted by Gasteiger charge is 2.29. The van der Waals surface area contributed by atoms with Crippen LogP contribution in [0, 0.1) is 6.92 Å². The number of carbonyl (C=O) groups is 1. The van der Waals surface area contributed by atoms with E-state index in [1.54, 1.807) is 11.6 Å². The molecule has 0 saturated carbocycles. The molecule has 30 heavy (non-hydrogen) atoms. The number of Topliss-reactive ketones (excluding diaryl/α,β-unsaturated/α-hetero) is 1. The highest BCUT2D eigenvalue weighted by atomic mass is 35.5. The van der Waals surface area contributed by atoms with Gasteiger partial charge in [0.15, 0.2) is 11.4 Å². The summed E-state index contributed by atoms with van der Waals surface area (Å²) in [5.74, 6) is 0.940. The van der Waals surface area contributed by atoms with Crippen LogP contribution in [0.3, 0.4) is 0 Å². The molecule has 0 fully saturated rings. The fourth-order valence-electron chi connectivity index (χ4n) is 4.26. The SMILES string of the molecule is COc1cccc(-c2c(C)nn3cc4c(nc23)CC(c2cccc(Cl)c2)CC4=O)c1. The predicted octanol–water partition coefficient (Wildman–Crippen LogP) is 5.28. The molecule has 1 atom stereocenters. The summed E-state index contributed by atoms with van der Waals surface area (Å²) in [6, 6.07) is 15.6. The molecule has 0 N–H and O–H groups in total. The molecule has 5 nitrogen and oxygen atoms in total. The number of aromatic nitrogens is 3. The molecule has 1 aliphatic rings. The van der Waals surface area contributed by atoms with Crippen LogP contribution in [0.25, 0.3) is 16.8 Å². The molecule has 2 heterocycles. The summed E-state index contributed by atoms with van der Waals surface area (Å²) in [5, 5.41) is 5.30. The summed E-state index contributed by atoms with van der Waals surface area (Å²) in [4.78, 5) is 17.8. The Bertz CT molecular complexity index is 1300. The molecule has 0 spiro atoms. The zero-order chi connectivity index (χ0) is 20.8. The van der Waals surface area contributed by atoms with Gasteiger partial charge in [-0.15, -0.1) is 0 Å². The van der Waals surface area contributed by atoms with Crippen molar-refractivity contribution in [1.82, 2.24) is 14.6 Å². The first kappa shape index (κ1) is 18.8. The van der Waals surface area contributed by atoms with Crippen LogP contribution in [0.15, 0.2) is 54.7 Å². The van der Waals surface area contributed by atoms with Gasteiger partial charge in [-0.05, 0) is 54.7 Å². The first-order chi connectivity index (χ1) is 14.5. The average Bonchev–Trinajstić information content (AvgIpc) is 3.07. The van der Waals surface area contributed by atoms with Crippen LogP contribution in [0.2, 0.25) is 5.02 Å². The topological polar surface area (TPSA) is 56.5 Å². The zero-order valence-corrected chi connectivity index (χ0v) is 17.5. The maximum absolute atomic E-state index is 12.9. The normalized spacial score (nSPS) is 16.0. The number of hydrogen-bond donors (Lipinski definition) is 0. The molecule has 150 valence electrons. The van der Waals surface area contributed by atoms with Crippen molar-refractivity contribution in [3.63, 3.8) is 0 Å². The van der Waals surface area contributed by atoms with Crippen LogP contribution in [-0.2, 0) is 6.42 Å². The van der Waals surface area contributed by atoms with Crippen molar-refractivity contribution in [2.24, 2.45) is 0 Å². The molecule has 1 unspecified atom stereocenters. The maximum atomic E-state index is 12.9. The minimum Gasteiger partial charge on any atom is -0.497 e. The van der Waals surface area contributed by atoms with Crippen molar-refractivity contribution in [1.29, 1.82) is 0 Å². The third kappa shape index (κ3) is 3.15. The van der Waals surface area contributed by atoms with Gasteiger partial charge in [0.25, 0.3) is 0 Å². The summed E-state index contributed by atoms with van der Waals surface area (Å²) >= 11 is 6.17. The van der Waals surface area contributed by atoms with E-state index in [1.807, 2.05) is 61.7 Å². The van der Waals surface area contributed by atoms with Gasteiger partial charge < -0.3 is 4.74 Å². The summed E-state index contributed by atoms with van der Waals surface area (Å²) in [6.07, 6.45) is 2.97. The van der Waals surface area contributed by atoms with Crippen molar-refractivity contribution >= 4 is 23.0 Å². The number of nitrogens with zero attached hydrogens (tertiary/aromatic N) is 3. The van der Waals surface area contributed by atoms with Crippen LogP contribution >= 0.6 is 11.6 Å². The van der Waals surface area contributed by atoms with Crippen LogP contribution in [0.5, 0.6) is 5.75 Å². The second kappa shape index (κ2) is 7.26. The Hall–Kier alpha value is -3.18. The van der Waals surface area contributed by atoms with Gasteiger partial charge in [0.05, 0.1) is 24.1 Å². The van der Waals surface area contributed by atoms with Gasteiger partial charge in [-0.2, -0.15) is 5.10 Å². The molecule has 1 aliphatic carbocycles. The van der Waals surface area contributed by atoms with Crippen molar-refractivity contribution in [2.45, 2.75) is 25.7 Å². The fourth-order valence-corrected chi connectivity index (χ4v) is 4.46. The lowest BCUT2D eigenvalue weighted by Crippen LogP contribution is -2.21. The molecule has 4 aromatic rings. The second-order valence-electron chi connectivity index (χ2n) is 7.65. The number of methoxy groups -OCH3 is 1. The Kier molecular flexibility index (Phi) is 4.55. The zero-order valence-electron chi connectivity index (χ0n) is 16.7.